The van der Waals surface area contributed by atoms with Gasteiger partial charge in [0, 0.05) is 18.5 Å². The summed E-state index contributed by atoms with van der Waals surface area (Å²) in [7, 11) is 0. The number of hydrogen-bond acceptors (Lipinski definition) is 6. The predicted molar refractivity (Wildman–Crippen MR) is 76.2 cm³/mol. The number of nitrogens with zero attached hydrogens (tertiary/aromatic N) is 2. The van der Waals surface area contributed by atoms with Crippen molar-refractivity contribution in [1.82, 2.24) is 0 Å². The summed E-state index contributed by atoms with van der Waals surface area (Å²) in [4.78, 5) is 20.4. The second-order valence-corrected chi connectivity index (χ2v) is 5.21. The van der Waals surface area contributed by atoms with Gasteiger partial charge in [-0.05, 0) is 18.9 Å². The minimum atomic E-state index is -0.665. The first-order valence-corrected chi connectivity index (χ1v) is 6.84. The first-order chi connectivity index (χ1) is 9.99. The summed E-state index contributed by atoms with van der Waals surface area (Å²) in [6.45, 7) is 0.416. The third-order valence-electron chi connectivity index (χ3n) is 3.81. The number of aliphatic hydroxyl groups is 1. The van der Waals surface area contributed by atoms with E-state index in [1.54, 1.807) is 0 Å². The number of hydrogen-bond donors (Lipinski definition) is 2. The Morgan fingerprint density at radius 2 is 1.90 bits per heavy atom. The van der Waals surface area contributed by atoms with Crippen LogP contribution in [-0.4, -0.2) is 27.6 Å². The van der Waals surface area contributed by atoms with E-state index in [-0.39, 0.29) is 23.0 Å². The van der Waals surface area contributed by atoms with Crippen LogP contribution in [0.5, 0.6) is 0 Å². The quantitative estimate of drug-likeness (QED) is 0.636. The van der Waals surface area contributed by atoms with Crippen LogP contribution >= 0.6 is 0 Å². The van der Waals surface area contributed by atoms with Crippen molar-refractivity contribution in [3.8, 4) is 0 Å². The molecule has 1 aromatic rings. The second-order valence-electron chi connectivity index (χ2n) is 5.21. The molecule has 21 heavy (non-hydrogen) atoms. The maximum Gasteiger partial charge on any atom is 0.299 e. The topological polar surface area (TPSA) is 119 Å². The number of benzene rings is 1. The number of nitro groups is 2. The van der Waals surface area contributed by atoms with Crippen LogP contribution in [0.2, 0.25) is 0 Å². The lowest BCUT2D eigenvalue weighted by Gasteiger charge is -2.27. The van der Waals surface area contributed by atoms with Gasteiger partial charge in [-0.15, -0.1) is 0 Å². The summed E-state index contributed by atoms with van der Waals surface area (Å²) in [6, 6.07) is 3.51. The highest BCUT2D eigenvalue weighted by atomic mass is 16.6. The minimum absolute atomic E-state index is 0.0496. The van der Waals surface area contributed by atoms with Crippen molar-refractivity contribution >= 4 is 17.1 Å². The molecule has 0 saturated heterocycles. The molecule has 8 heteroatoms. The van der Waals surface area contributed by atoms with Gasteiger partial charge in [-0.1, -0.05) is 12.8 Å². The number of non-ortho nitro benzene ring substituents is 1. The minimum Gasteiger partial charge on any atom is -0.393 e. The third-order valence-corrected chi connectivity index (χ3v) is 3.81. The number of anilines is 1. The molecule has 1 aliphatic rings. The molecule has 114 valence electrons. The highest BCUT2D eigenvalue weighted by Gasteiger charge is 2.24. The summed E-state index contributed by atoms with van der Waals surface area (Å²) < 4.78 is 0. The van der Waals surface area contributed by atoms with E-state index in [0.29, 0.717) is 6.54 Å². The normalized spacial score (nSPS) is 21.8. The average Bonchev–Trinajstić information content (AvgIpc) is 2.46. The Balaban J connectivity index is 2.11. The number of aliphatic hydroxyl groups excluding tert-OH is 1. The molecule has 0 heterocycles. The van der Waals surface area contributed by atoms with Crippen LogP contribution < -0.4 is 5.32 Å². The first kappa shape index (κ1) is 15.2. The van der Waals surface area contributed by atoms with Crippen LogP contribution in [0, 0.1) is 26.1 Å². The molecule has 1 aromatic carbocycles. The van der Waals surface area contributed by atoms with Gasteiger partial charge in [0.2, 0.25) is 0 Å². The van der Waals surface area contributed by atoms with Crippen LogP contribution in [0.4, 0.5) is 17.1 Å². The largest absolute Gasteiger partial charge is 0.393 e. The first-order valence-electron chi connectivity index (χ1n) is 6.84. The Hall–Kier alpha value is -2.22. The predicted octanol–water partition coefficient (Wildman–Crippen LogP) is 2.47. The van der Waals surface area contributed by atoms with E-state index in [4.69, 9.17) is 0 Å². The van der Waals surface area contributed by atoms with Gasteiger partial charge in [0.05, 0.1) is 22.0 Å². The summed E-state index contributed by atoms with van der Waals surface area (Å²) >= 11 is 0. The lowest BCUT2D eigenvalue weighted by molar-refractivity contribution is -0.393. The summed E-state index contributed by atoms with van der Waals surface area (Å²) in [5.41, 5.74) is -0.400. The Morgan fingerprint density at radius 1 is 1.19 bits per heavy atom. The number of rotatable bonds is 5. The highest BCUT2D eigenvalue weighted by molar-refractivity contribution is 5.65. The smallest absolute Gasteiger partial charge is 0.299 e. The molecule has 1 saturated carbocycles. The molecular weight excluding hydrogens is 278 g/mol. The van der Waals surface area contributed by atoms with Crippen LogP contribution in [0.3, 0.4) is 0 Å². The van der Waals surface area contributed by atoms with E-state index < -0.39 is 16.0 Å². The zero-order chi connectivity index (χ0) is 15.4. The van der Waals surface area contributed by atoms with Crippen molar-refractivity contribution in [2.45, 2.75) is 31.8 Å². The van der Waals surface area contributed by atoms with E-state index in [2.05, 4.69) is 5.32 Å². The lowest BCUT2D eigenvalue weighted by Crippen LogP contribution is -2.30. The van der Waals surface area contributed by atoms with Gasteiger partial charge in [-0.25, -0.2) is 0 Å². The molecule has 2 N–H and O–H groups in total. The zero-order valence-corrected chi connectivity index (χ0v) is 11.4. The lowest BCUT2D eigenvalue weighted by atomic mass is 9.86. The van der Waals surface area contributed by atoms with E-state index in [9.17, 15) is 25.3 Å². The van der Waals surface area contributed by atoms with Gasteiger partial charge in [0.25, 0.3) is 11.4 Å². The summed E-state index contributed by atoms with van der Waals surface area (Å²) in [6.07, 6.45) is 3.24. The fourth-order valence-electron chi connectivity index (χ4n) is 2.60. The van der Waals surface area contributed by atoms with Crippen molar-refractivity contribution in [2.75, 3.05) is 11.9 Å². The van der Waals surface area contributed by atoms with Gasteiger partial charge in [0.1, 0.15) is 5.69 Å². The zero-order valence-electron chi connectivity index (χ0n) is 11.4. The van der Waals surface area contributed by atoms with Gasteiger partial charge >= 0.3 is 0 Å². The maximum absolute atomic E-state index is 11.0. The van der Waals surface area contributed by atoms with Gasteiger partial charge in [0.15, 0.2) is 0 Å². The fourth-order valence-corrected chi connectivity index (χ4v) is 2.60. The Morgan fingerprint density at radius 3 is 2.52 bits per heavy atom. The van der Waals surface area contributed by atoms with Crippen LogP contribution in [0.15, 0.2) is 18.2 Å². The maximum atomic E-state index is 11.0. The molecule has 0 spiro atoms. The summed E-state index contributed by atoms with van der Waals surface area (Å²) in [5, 5.41) is 34.5. The number of nitro benzene ring substituents is 2. The van der Waals surface area contributed by atoms with Crippen molar-refractivity contribution in [2.24, 2.45) is 5.92 Å². The molecule has 1 fully saturated rings. The van der Waals surface area contributed by atoms with E-state index in [1.807, 2.05) is 0 Å². The molecule has 0 bridgehead atoms. The monoisotopic (exact) mass is 295 g/mol. The summed E-state index contributed by atoms with van der Waals surface area (Å²) in [5.74, 6) is 0.0496. The Bertz CT molecular complexity index is 549. The standard InChI is InChI=1S/C13H17N3O5/c17-13-4-2-1-3-9(13)8-14-11-6-5-10(15(18)19)7-12(11)16(20)21/h5-7,9,13-14,17H,1-4,8H2. The molecule has 2 atom stereocenters. The molecule has 0 aliphatic heterocycles. The van der Waals surface area contributed by atoms with E-state index in [0.717, 1.165) is 31.7 Å². The number of nitrogens with one attached hydrogen (secondary N) is 1. The molecule has 0 radical (unpaired) electrons. The second kappa shape index (κ2) is 6.49. The van der Waals surface area contributed by atoms with Gasteiger partial charge in [-0.3, -0.25) is 20.2 Å². The van der Waals surface area contributed by atoms with Gasteiger partial charge in [-0.2, -0.15) is 0 Å². The molecule has 8 nitrogen and oxygen atoms in total. The van der Waals surface area contributed by atoms with Crippen molar-refractivity contribution in [3.05, 3.63) is 38.4 Å². The highest BCUT2D eigenvalue weighted by Crippen LogP contribution is 2.30. The molecule has 0 amide bonds. The Kier molecular flexibility index (Phi) is 4.69. The van der Waals surface area contributed by atoms with Crippen LogP contribution in [0.25, 0.3) is 0 Å². The van der Waals surface area contributed by atoms with E-state index in [1.165, 1.54) is 12.1 Å². The third kappa shape index (κ3) is 3.66. The molecule has 2 unspecified atom stereocenters. The van der Waals surface area contributed by atoms with Crippen LogP contribution in [0.1, 0.15) is 25.7 Å². The van der Waals surface area contributed by atoms with Crippen molar-refractivity contribution in [1.29, 1.82) is 0 Å². The van der Waals surface area contributed by atoms with Crippen molar-refractivity contribution < 1.29 is 15.0 Å². The molecule has 2 rings (SSSR count). The van der Waals surface area contributed by atoms with E-state index >= 15 is 0 Å². The molecule has 0 aromatic heterocycles. The van der Waals surface area contributed by atoms with Crippen molar-refractivity contribution in [3.63, 3.8) is 0 Å². The average molecular weight is 295 g/mol. The van der Waals surface area contributed by atoms with Gasteiger partial charge < -0.3 is 10.4 Å². The molecule has 1 aliphatic carbocycles. The van der Waals surface area contributed by atoms with Crippen LogP contribution in [-0.2, 0) is 0 Å². The SMILES string of the molecule is O=[N+]([O-])c1ccc(NCC2CCCCC2O)c([N+](=O)[O-])c1. The Labute approximate surface area is 121 Å². The fraction of sp³-hybridized carbons (Fsp3) is 0.538. The molecular formula is C13H17N3O5.